The molecule has 3 aromatic heterocycles. The van der Waals surface area contributed by atoms with Gasteiger partial charge >= 0.3 is 0 Å². The van der Waals surface area contributed by atoms with Gasteiger partial charge in [0.15, 0.2) is 0 Å². The minimum Gasteiger partial charge on any atom is -0.481 e. The van der Waals surface area contributed by atoms with Crippen molar-refractivity contribution in [2.75, 3.05) is 37.0 Å². The Bertz CT molecular complexity index is 865. The molecule has 1 saturated heterocycles. The monoisotopic (exact) mass is 339 g/mol. The van der Waals surface area contributed by atoms with Crippen molar-refractivity contribution >= 4 is 22.8 Å². The summed E-state index contributed by atoms with van der Waals surface area (Å²) < 4.78 is 5.21. The van der Waals surface area contributed by atoms with Gasteiger partial charge in [-0.15, -0.1) is 0 Å². The van der Waals surface area contributed by atoms with Gasteiger partial charge in [-0.1, -0.05) is 0 Å². The van der Waals surface area contributed by atoms with Crippen LogP contribution < -0.4 is 14.5 Å². The second kappa shape index (κ2) is 6.54. The first-order valence-electron chi connectivity index (χ1n) is 8.39. The Morgan fingerprint density at radius 3 is 3.08 bits per heavy atom. The zero-order valence-corrected chi connectivity index (χ0v) is 14.4. The quantitative estimate of drug-likeness (QED) is 0.777. The molecular weight excluding hydrogens is 318 g/mol. The molecule has 0 bridgehead atoms. The van der Waals surface area contributed by atoms with Gasteiger partial charge < -0.3 is 19.5 Å². The number of H-pyrrole nitrogens is 1. The van der Waals surface area contributed by atoms with Crippen LogP contribution in [0.25, 0.3) is 11.0 Å². The van der Waals surface area contributed by atoms with Crippen LogP contribution in [0.3, 0.4) is 0 Å². The third kappa shape index (κ3) is 2.95. The molecule has 0 aromatic carbocycles. The standard InChI is InChI=1S/C17H21N7O/c1-23(17-19-8-6-14(22-17)25-2)12-4-3-9-24(10-12)16-13-5-7-18-15(13)20-11-21-16/h5-8,11-12H,3-4,9-10H2,1-2H3,(H,18,20,21). The summed E-state index contributed by atoms with van der Waals surface area (Å²) in [5.74, 6) is 2.24. The number of nitrogens with zero attached hydrogens (tertiary/aromatic N) is 6. The molecule has 0 spiro atoms. The Labute approximate surface area is 145 Å². The van der Waals surface area contributed by atoms with Crippen molar-refractivity contribution in [2.24, 2.45) is 0 Å². The highest BCUT2D eigenvalue weighted by Crippen LogP contribution is 2.27. The molecule has 0 saturated carbocycles. The maximum atomic E-state index is 5.21. The smallest absolute Gasteiger partial charge is 0.228 e. The lowest BCUT2D eigenvalue weighted by molar-refractivity contribution is 0.395. The summed E-state index contributed by atoms with van der Waals surface area (Å²) in [6.45, 7) is 1.86. The van der Waals surface area contributed by atoms with Crippen LogP contribution in [-0.4, -0.2) is 58.2 Å². The molecule has 0 amide bonds. The predicted octanol–water partition coefficient (Wildman–Crippen LogP) is 1.86. The van der Waals surface area contributed by atoms with Crippen molar-refractivity contribution in [1.82, 2.24) is 24.9 Å². The fraction of sp³-hybridized carbons (Fsp3) is 0.412. The van der Waals surface area contributed by atoms with Gasteiger partial charge in [0, 0.05) is 44.6 Å². The van der Waals surface area contributed by atoms with Gasteiger partial charge in [0.1, 0.15) is 17.8 Å². The van der Waals surface area contributed by atoms with Gasteiger partial charge in [0.05, 0.1) is 12.5 Å². The van der Waals surface area contributed by atoms with E-state index in [4.69, 9.17) is 4.74 Å². The maximum absolute atomic E-state index is 5.21. The highest BCUT2D eigenvalue weighted by atomic mass is 16.5. The van der Waals surface area contributed by atoms with Crippen molar-refractivity contribution in [2.45, 2.75) is 18.9 Å². The number of anilines is 2. The minimum absolute atomic E-state index is 0.310. The van der Waals surface area contributed by atoms with Gasteiger partial charge in [-0.3, -0.25) is 0 Å². The number of likely N-dealkylation sites (N-methyl/N-ethyl adjacent to an activating group) is 1. The number of rotatable bonds is 4. The molecule has 8 nitrogen and oxygen atoms in total. The van der Waals surface area contributed by atoms with Crippen LogP contribution in [0, 0.1) is 0 Å². The third-order valence-corrected chi connectivity index (χ3v) is 4.72. The van der Waals surface area contributed by atoms with Crippen molar-refractivity contribution in [3.05, 3.63) is 30.9 Å². The summed E-state index contributed by atoms with van der Waals surface area (Å²) >= 11 is 0. The van der Waals surface area contributed by atoms with E-state index >= 15 is 0 Å². The number of aromatic nitrogens is 5. The molecule has 1 N–H and O–H groups in total. The molecule has 4 heterocycles. The van der Waals surface area contributed by atoms with Crippen LogP contribution in [0.5, 0.6) is 5.88 Å². The topological polar surface area (TPSA) is 83.1 Å². The van der Waals surface area contributed by atoms with Gasteiger partial charge in [0.25, 0.3) is 0 Å². The number of methoxy groups -OCH3 is 1. The number of nitrogens with one attached hydrogen (secondary N) is 1. The first-order valence-corrected chi connectivity index (χ1v) is 8.39. The van der Waals surface area contributed by atoms with Crippen LogP contribution in [0.15, 0.2) is 30.9 Å². The number of hydrogen-bond acceptors (Lipinski definition) is 7. The molecule has 0 aliphatic carbocycles. The van der Waals surface area contributed by atoms with E-state index in [1.807, 2.05) is 19.3 Å². The van der Waals surface area contributed by atoms with Crippen LogP contribution >= 0.6 is 0 Å². The van der Waals surface area contributed by atoms with E-state index in [0.717, 1.165) is 42.8 Å². The Kier molecular flexibility index (Phi) is 4.09. The summed E-state index contributed by atoms with van der Waals surface area (Å²) in [5.41, 5.74) is 0.872. The van der Waals surface area contributed by atoms with Gasteiger partial charge in [-0.25, -0.2) is 15.0 Å². The molecule has 8 heteroatoms. The van der Waals surface area contributed by atoms with Gasteiger partial charge in [0.2, 0.25) is 11.8 Å². The summed E-state index contributed by atoms with van der Waals surface area (Å²) in [4.78, 5) is 25.2. The molecule has 0 radical (unpaired) electrons. The molecule has 25 heavy (non-hydrogen) atoms. The summed E-state index contributed by atoms with van der Waals surface area (Å²) in [7, 11) is 3.65. The predicted molar refractivity (Wildman–Crippen MR) is 96.1 cm³/mol. The molecule has 1 fully saturated rings. The highest BCUT2D eigenvalue weighted by molar-refractivity contribution is 5.87. The largest absolute Gasteiger partial charge is 0.481 e. The van der Waals surface area contributed by atoms with Crippen LogP contribution in [0.1, 0.15) is 12.8 Å². The van der Waals surface area contributed by atoms with E-state index in [1.54, 1.807) is 25.7 Å². The molecule has 1 unspecified atom stereocenters. The van der Waals surface area contributed by atoms with Gasteiger partial charge in [-0.2, -0.15) is 4.98 Å². The van der Waals surface area contributed by atoms with E-state index < -0.39 is 0 Å². The fourth-order valence-corrected chi connectivity index (χ4v) is 3.35. The summed E-state index contributed by atoms with van der Waals surface area (Å²) in [6.07, 6.45) is 7.43. The van der Waals surface area contributed by atoms with E-state index in [0.29, 0.717) is 17.9 Å². The van der Waals surface area contributed by atoms with E-state index in [-0.39, 0.29) is 0 Å². The van der Waals surface area contributed by atoms with Crippen molar-refractivity contribution in [3.63, 3.8) is 0 Å². The molecule has 1 aliphatic rings. The first kappa shape index (κ1) is 15.6. The highest BCUT2D eigenvalue weighted by Gasteiger charge is 2.26. The number of fused-ring (bicyclic) bond motifs is 1. The molecule has 3 aromatic rings. The molecule has 4 rings (SSSR count). The fourth-order valence-electron chi connectivity index (χ4n) is 3.35. The van der Waals surface area contributed by atoms with Crippen LogP contribution in [-0.2, 0) is 0 Å². The van der Waals surface area contributed by atoms with Crippen molar-refractivity contribution in [1.29, 1.82) is 0 Å². The van der Waals surface area contributed by atoms with E-state index in [9.17, 15) is 0 Å². The van der Waals surface area contributed by atoms with Crippen LogP contribution in [0.2, 0.25) is 0 Å². The number of piperidine rings is 1. The minimum atomic E-state index is 0.310. The number of hydrogen-bond donors (Lipinski definition) is 1. The lowest BCUT2D eigenvalue weighted by atomic mass is 10.0. The Balaban J connectivity index is 1.57. The Morgan fingerprint density at radius 2 is 2.20 bits per heavy atom. The molecule has 1 aliphatic heterocycles. The normalized spacial score (nSPS) is 17.7. The Morgan fingerprint density at radius 1 is 1.28 bits per heavy atom. The lowest BCUT2D eigenvalue weighted by Gasteiger charge is -2.38. The summed E-state index contributed by atoms with van der Waals surface area (Å²) in [6, 6.07) is 4.10. The second-order valence-corrected chi connectivity index (χ2v) is 6.19. The number of aromatic amines is 1. The average Bonchev–Trinajstić information content (AvgIpc) is 3.16. The van der Waals surface area contributed by atoms with Crippen molar-refractivity contribution in [3.8, 4) is 5.88 Å². The Hall–Kier alpha value is -2.90. The maximum Gasteiger partial charge on any atom is 0.228 e. The average molecular weight is 339 g/mol. The zero-order chi connectivity index (χ0) is 17.2. The van der Waals surface area contributed by atoms with E-state index in [2.05, 4.69) is 34.7 Å². The molecular formula is C17H21N7O. The SMILES string of the molecule is COc1ccnc(N(C)C2CCCN(c3ncnc4[nH]ccc34)C2)n1. The lowest BCUT2D eigenvalue weighted by Crippen LogP contribution is -2.47. The second-order valence-electron chi connectivity index (χ2n) is 6.19. The van der Waals surface area contributed by atoms with Crippen LogP contribution in [0.4, 0.5) is 11.8 Å². The summed E-state index contributed by atoms with van der Waals surface area (Å²) in [5, 5.41) is 1.06. The first-order chi connectivity index (χ1) is 12.3. The zero-order valence-electron chi connectivity index (χ0n) is 14.4. The van der Waals surface area contributed by atoms with Gasteiger partial charge in [-0.05, 0) is 18.9 Å². The van der Waals surface area contributed by atoms with Crippen molar-refractivity contribution < 1.29 is 4.74 Å². The number of ether oxygens (including phenoxy) is 1. The van der Waals surface area contributed by atoms with E-state index in [1.165, 1.54) is 0 Å². The third-order valence-electron chi connectivity index (χ3n) is 4.72. The molecule has 130 valence electrons. The molecule has 1 atom stereocenters.